The van der Waals surface area contributed by atoms with Gasteiger partial charge in [-0.1, -0.05) is 0 Å². The zero-order valence-electron chi connectivity index (χ0n) is 18.1. The molecule has 2 aromatic rings. The van der Waals surface area contributed by atoms with Crippen LogP contribution in [0.25, 0.3) is 0 Å². The van der Waals surface area contributed by atoms with Gasteiger partial charge in [0, 0.05) is 0 Å². The van der Waals surface area contributed by atoms with Gasteiger partial charge in [-0.2, -0.15) is 0 Å². The molecule has 0 saturated heterocycles. The Morgan fingerprint density at radius 1 is 0.633 bits per heavy atom. The van der Waals surface area contributed by atoms with Crippen LogP contribution in [0.3, 0.4) is 0 Å². The minimum Gasteiger partial charge on any atom is -0.147 e. The molecule has 0 heterocycles. The topological polar surface area (TPSA) is 0 Å². The van der Waals surface area contributed by atoms with Gasteiger partial charge in [-0.15, -0.1) is 24.8 Å². The van der Waals surface area contributed by atoms with Crippen molar-refractivity contribution < 1.29 is 17.4 Å². The predicted octanol–water partition coefficient (Wildman–Crippen LogP) is 7.68. The Morgan fingerprint density at radius 3 is 1.30 bits per heavy atom. The third-order valence-corrected chi connectivity index (χ3v) is 12.0. The van der Waals surface area contributed by atoms with Crippen molar-refractivity contribution in [3.63, 3.8) is 0 Å². The van der Waals surface area contributed by atoms with Crippen LogP contribution in [0.2, 0.25) is 0 Å². The monoisotopic (exact) mass is 472 g/mol. The van der Waals surface area contributed by atoms with Crippen molar-refractivity contribution in [3.05, 3.63) is 115 Å². The first-order valence-corrected chi connectivity index (χ1v) is 12.6. The smallest absolute Gasteiger partial charge is 0.147 e. The molecule has 2 atom stereocenters. The summed E-state index contributed by atoms with van der Waals surface area (Å²) in [6, 6.07) is 22.2. The molecule has 2 aliphatic carbocycles. The van der Waals surface area contributed by atoms with Crippen LogP contribution in [0, 0.1) is 11.8 Å². The molecule has 156 valence electrons. The fraction of sp³-hybridized carbons (Fsp3) is 0.222. The van der Waals surface area contributed by atoms with Crippen molar-refractivity contribution >= 4 is 28.6 Å². The first kappa shape index (κ1) is 24.8. The minimum atomic E-state index is -1.96. The molecule has 0 spiro atoms. The van der Waals surface area contributed by atoms with Crippen molar-refractivity contribution in [2.24, 2.45) is 11.8 Å². The third-order valence-electron chi connectivity index (χ3n) is 5.94. The number of hydrogen-bond donors (Lipinski definition) is 0. The molecule has 0 amide bonds. The van der Waals surface area contributed by atoms with Crippen LogP contribution in [0.5, 0.6) is 0 Å². The molecule has 0 saturated carbocycles. The quantitative estimate of drug-likeness (QED) is 0.400. The normalized spacial score (nSPS) is 19.6. The summed E-state index contributed by atoms with van der Waals surface area (Å²) in [6.07, 6.45) is 9.50. The fourth-order valence-electron chi connectivity index (χ4n) is 4.60. The summed E-state index contributed by atoms with van der Waals surface area (Å²) >= 11 is -1.96. The molecular weight excluding hydrogens is 443 g/mol. The van der Waals surface area contributed by atoms with E-state index >= 15 is 0 Å². The molecule has 0 radical (unpaired) electrons. The summed E-state index contributed by atoms with van der Waals surface area (Å²) in [5, 5.41) is 0. The van der Waals surface area contributed by atoms with Crippen LogP contribution in [-0.2, 0) is 17.4 Å². The molecule has 0 aromatic heterocycles. The van der Waals surface area contributed by atoms with Crippen LogP contribution in [0.1, 0.15) is 38.8 Å². The van der Waals surface area contributed by atoms with Crippen molar-refractivity contribution in [3.8, 4) is 0 Å². The maximum Gasteiger partial charge on any atom is -0.147 e. The minimum absolute atomic E-state index is 0. The number of hydrogen-bond acceptors (Lipinski definition) is 0. The molecule has 0 nitrogen and oxygen atoms in total. The van der Waals surface area contributed by atoms with E-state index < -0.39 is 17.4 Å². The molecule has 2 aliphatic rings. The van der Waals surface area contributed by atoms with Crippen LogP contribution in [0.4, 0.5) is 0 Å². The van der Waals surface area contributed by atoms with E-state index in [1.807, 2.05) is 0 Å². The SMILES string of the molecule is CC1=[C]([Ti]([C]2=C(C)C=CC2C)=[C](c2ccccc2)c2ccccc2)C(C)C=C1.Cl.Cl. The summed E-state index contributed by atoms with van der Waals surface area (Å²) in [5.74, 6) is 1.07. The van der Waals surface area contributed by atoms with Gasteiger partial charge in [-0.05, 0) is 0 Å². The Hall–Kier alpha value is -1.44. The molecule has 3 heteroatoms. The summed E-state index contributed by atoms with van der Waals surface area (Å²) in [7, 11) is 0. The average molecular weight is 473 g/mol. The average Bonchev–Trinajstić information content (AvgIpc) is 3.22. The number of rotatable bonds is 4. The maximum atomic E-state index is 2.40. The van der Waals surface area contributed by atoms with E-state index in [1.54, 1.807) is 11.6 Å². The Bertz CT molecular complexity index is 957. The molecule has 30 heavy (non-hydrogen) atoms. The van der Waals surface area contributed by atoms with E-state index in [0.717, 1.165) is 0 Å². The van der Waals surface area contributed by atoms with Gasteiger partial charge in [0.2, 0.25) is 0 Å². The van der Waals surface area contributed by atoms with Gasteiger partial charge in [0.05, 0.1) is 0 Å². The molecule has 0 bridgehead atoms. The van der Waals surface area contributed by atoms with Crippen molar-refractivity contribution in [1.29, 1.82) is 0 Å². The van der Waals surface area contributed by atoms with Gasteiger partial charge in [0.1, 0.15) is 0 Å². The van der Waals surface area contributed by atoms with Crippen LogP contribution < -0.4 is 0 Å². The molecule has 0 aliphatic heterocycles. The molecule has 2 unspecified atom stereocenters. The molecule has 4 rings (SSSR count). The predicted molar refractivity (Wildman–Crippen MR) is 133 cm³/mol. The number of halogens is 2. The van der Waals surface area contributed by atoms with Gasteiger partial charge < -0.3 is 0 Å². The van der Waals surface area contributed by atoms with Gasteiger partial charge >= 0.3 is 176 Å². The first-order valence-electron chi connectivity index (χ1n) is 10.2. The van der Waals surface area contributed by atoms with E-state index in [0.29, 0.717) is 11.8 Å². The molecular formula is C27H30Cl2Ti. The zero-order valence-corrected chi connectivity index (χ0v) is 21.2. The Balaban J connectivity index is 0.00000160. The third kappa shape index (κ3) is 4.73. The summed E-state index contributed by atoms with van der Waals surface area (Å²) in [4.78, 5) is 0. The van der Waals surface area contributed by atoms with Gasteiger partial charge in [-0.25, -0.2) is 0 Å². The van der Waals surface area contributed by atoms with Crippen molar-refractivity contribution in [2.45, 2.75) is 27.7 Å². The van der Waals surface area contributed by atoms with Crippen LogP contribution in [0.15, 0.2) is 104 Å². The summed E-state index contributed by atoms with van der Waals surface area (Å²) in [5.41, 5.74) is 5.77. The number of benzene rings is 2. The molecule has 2 aromatic carbocycles. The van der Waals surface area contributed by atoms with Crippen molar-refractivity contribution in [2.75, 3.05) is 0 Å². The first-order chi connectivity index (χ1) is 13.6. The van der Waals surface area contributed by atoms with E-state index in [-0.39, 0.29) is 24.8 Å². The van der Waals surface area contributed by atoms with Crippen molar-refractivity contribution in [1.82, 2.24) is 0 Å². The maximum absolute atomic E-state index is 2.40. The summed E-state index contributed by atoms with van der Waals surface area (Å²) in [6.45, 7) is 9.40. The largest absolute Gasteiger partial charge is 0.147 e. The zero-order chi connectivity index (χ0) is 19.7. The van der Waals surface area contributed by atoms with Crippen LogP contribution in [-0.4, -0.2) is 3.81 Å². The second-order valence-electron chi connectivity index (χ2n) is 7.97. The van der Waals surface area contributed by atoms with E-state index in [1.165, 1.54) is 22.3 Å². The van der Waals surface area contributed by atoms with E-state index in [4.69, 9.17) is 0 Å². The molecule has 0 fully saturated rings. The second-order valence-corrected chi connectivity index (χ2v) is 11.6. The Morgan fingerprint density at radius 2 is 1.00 bits per heavy atom. The number of allylic oxidation sites excluding steroid dienone is 8. The van der Waals surface area contributed by atoms with Crippen LogP contribution >= 0.6 is 24.8 Å². The fourth-order valence-corrected chi connectivity index (χ4v) is 10.5. The van der Waals surface area contributed by atoms with Gasteiger partial charge in [-0.3, -0.25) is 0 Å². The Labute approximate surface area is 199 Å². The molecule has 0 N–H and O–H groups in total. The summed E-state index contributed by atoms with van der Waals surface area (Å²) < 4.78 is 5.02. The van der Waals surface area contributed by atoms with Gasteiger partial charge in [0.25, 0.3) is 0 Å². The van der Waals surface area contributed by atoms with E-state index in [9.17, 15) is 0 Å². The standard InChI is InChI=1S/C13H10.2C7H9.2ClH.Ti/c1-3-7-12(8-4-1)11-13-9-5-2-6-10-13;2*1-6-3-4-7(2)5-6;;;/h1-10H;2*3-4,6H,1-2H3;2*1H;. The van der Waals surface area contributed by atoms with E-state index in [2.05, 4.69) is 113 Å². The second kappa shape index (κ2) is 10.7. The van der Waals surface area contributed by atoms with Gasteiger partial charge in [0.15, 0.2) is 0 Å². The Kier molecular flexibility index (Phi) is 8.89.